The second-order valence-electron chi connectivity index (χ2n) is 4.31. The molecule has 0 aliphatic heterocycles. The smallest absolute Gasteiger partial charge is 0.224 e. The van der Waals surface area contributed by atoms with Gasteiger partial charge < -0.3 is 11.1 Å². The van der Waals surface area contributed by atoms with Gasteiger partial charge in [-0.1, -0.05) is 25.4 Å². The maximum absolute atomic E-state index is 11.7. The van der Waals surface area contributed by atoms with Crippen LogP contribution in [0.1, 0.15) is 26.7 Å². The zero-order valence-corrected chi connectivity index (χ0v) is 12.3. The summed E-state index contributed by atoms with van der Waals surface area (Å²) < 4.78 is 0. The molecule has 0 radical (unpaired) electrons. The molecule has 1 aromatic carbocycles. The number of amides is 1. The molecule has 0 aliphatic carbocycles. The quantitative estimate of drug-likeness (QED) is 0.618. The topological polar surface area (TPSA) is 55.1 Å². The Morgan fingerprint density at radius 3 is 2.83 bits per heavy atom. The number of halogens is 1. The fraction of sp³-hybridized carbons (Fsp3) is 0.462. The maximum Gasteiger partial charge on any atom is 0.224 e. The molecule has 0 spiro atoms. The van der Waals surface area contributed by atoms with Crippen LogP contribution in [0.25, 0.3) is 0 Å². The van der Waals surface area contributed by atoms with Crippen LogP contribution in [0.2, 0.25) is 5.02 Å². The summed E-state index contributed by atoms with van der Waals surface area (Å²) in [5.74, 6) is 0.992. The Bertz CT molecular complexity index is 410. The third kappa shape index (κ3) is 5.65. The van der Waals surface area contributed by atoms with E-state index in [1.165, 1.54) is 0 Å². The highest BCUT2D eigenvalue weighted by molar-refractivity contribution is 7.99. The molecule has 0 saturated heterocycles. The molecule has 0 fully saturated rings. The number of benzene rings is 1. The number of anilines is 2. The summed E-state index contributed by atoms with van der Waals surface area (Å²) in [6.07, 6.45) is 1.39. The number of carbonyl (C=O) groups excluding carboxylic acids is 1. The highest BCUT2D eigenvalue weighted by Crippen LogP contribution is 2.24. The van der Waals surface area contributed by atoms with E-state index in [0.717, 1.165) is 12.2 Å². The molecule has 1 amide bonds. The van der Waals surface area contributed by atoms with Crippen LogP contribution in [0, 0.1) is 0 Å². The van der Waals surface area contributed by atoms with Gasteiger partial charge >= 0.3 is 0 Å². The zero-order chi connectivity index (χ0) is 13.5. The molecule has 5 heteroatoms. The van der Waals surface area contributed by atoms with Gasteiger partial charge in [-0.15, -0.1) is 0 Å². The van der Waals surface area contributed by atoms with Gasteiger partial charge in [0, 0.05) is 12.1 Å². The molecule has 0 aliphatic rings. The minimum absolute atomic E-state index is 0.00831. The number of carbonyl (C=O) groups is 1. The first-order valence-electron chi connectivity index (χ1n) is 5.95. The second-order valence-corrected chi connectivity index (χ2v) is 6.40. The Labute approximate surface area is 117 Å². The number of nitrogens with two attached hydrogens (primary N) is 1. The highest BCUT2D eigenvalue weighted by Gasteiger charge is 2.06. The van der Waals surface area contributed by atoms with Gasteiger partial charge in [0.15, 0.2) is 0 Å². The van der Waals surface area contributed by atoms with Crippen LogP contribution >= 0.6 is 23.4 Å². The van der Waals surface area contributed by atoms with Crippen LogP contribution in [0.15, 0.2) is 18.2 Å². The van der Waals surface area contributed by atoms with Gasteiger partial charge in [0.2, 0.25) is 5.91 Å². The van der Waals surface area contributed by atoms with Crippen molar-refractivity contribution < 1.29 is 4.79 Å². The van der Waals surface area contributed by atoms with Gasteiger partial charge in [-0.25, -0.2) is 0 Å². The SMILES string of the molecule is CC(C)SCCCC(=O)Nc1ccc(N)cc1Cl. The van der Waals surface area contributed by atoms with Crippen molar-refractivity contribution in [2.24, 2.45) is 0 Å². The number of thioether (sulfide) groups is 1. The fourth-order valence-electron chi connectivity index (χ4n) is 1.40. The lowest BCUT2D eigenvalue weighted by atomic mass is 10.2. The van der Waals surface area contributed by atoms with Crippen molar-refractivity contribution in [3.63, 3.8) is 0 Å². The summed E-state index contributed by atoms with van der Waals surface area (Å²) in [6.45, 7) is 4.30. The van der Waals surface area contributed by atoms with Crippen LogP contribution in [0.3, 0.4) is 0 Å². The van der Waals surface area contributed by atoms with E-state index < -0.39 is 0 Å². The monoisotopic (exact) mass is 286 g/mol. The zero-order valence-electron chi connectivity index (χ0n) is 10.7. The van der Waals surface area contributed by atoms with Crippen LogP contribution < -0.4 is 11.1 Å². The van der Waals surface area contributed by atoms with Crippen molar-refractivity contribution in [3.8, 4) is 0 Å². The summed E-state index contributed by atoms with van der Waals surface area (Å²) in [4.78, 5) is 11.7. The predicted molar refractivity (Wildman–Crippen MR) is 81.3 cm³/mol. The van der Waals surface area contributed by atoms with E-state index in [0.29, 0.717) is 28.1 Å². The second kappa shape index (κ2) is 7.54. The Morgan fingerprint density at radius 2 is 2.22 bits per heavy atom. The van der Waals surface area contributed by atoms with Crippen molar-refractivity contribution >= 4 is 40.6 Å². The Morgan fingerprint density at radius 1 is 1.50 bits per heavy atom. The normalized spacial score (nSPS) is 10.7. The first kappa shape index (κ1) is 15.2. The van der Waals surface area contributed by atoms with E-state index in [4.69, 9.17) is 17.3 Å². The lowest BCUT2D eigenvalue weighted by molar-refractivity contribution is -0.116. The van der Waals surface area contributed by atoms with E-state index in [9.17, 15) is 4.79 Å². The summed E-state index contributed by atoms with van der Waals surface area (Å²) in [5, 5.41) is 3.87. The van der Waals surface area contributed by atoms with E-state index in [2.05, 4.69) is 19.2 Å². The minimum Gasteiger partial charge on any atom is -0.399 e. The molecule has 0 aromatic heterocycles. The van der Waals surface area contributed by atoms with Crippen molar-refractivity contribution in [3.05, 3.63) is 23.2 Å². The van der Waals surface area contributed by atoms with Crippen molar-refractivity contribution in [2.45, 2.75) is 31.9 Å². The number of hydrogen-bond acceptors (Lipinski definition) is 3. The number of hydrogen-bond donors (Lipinski definition) is 2. The van der Waals surface area contributed by atoms with Gasteiger partial charge in [0.05, 0.1) is 10.7 Å². The summed E-state index contributed by atoms with van der Waals surface area (Å²) in [6, 6.07) is 5.07. The molecule has 0 heterocycles. The first-order chi connectivity index (χ1) is 8.49. The minimum atomic E-state index is -0.00831. The van der Waals surface area contributed by atoms with Gasteiger partial charge in [-0.3, -0.25) is 4.79 Å². The predicted octanol–water partition coefficient (Wildman–Crippen LogP) is 3.78. The lowest BCUT2D eigenvalue weighted by Crippen LogP contribution is -2.12. The molecular weight excluding hydrogens is 268 g/mol. The number of nitrogens with one attached hydrogen (secondary N) is 1. The maximum atomic E-state index is 11.7. The van der Waals surface area contributed by atoms with Crippen LogP contribution in [-0.2, 0) is 4.79 Å². The van der Waals surface area contributed by atoms with Crippen LogP contribution in [-0.4, -0.2) is 16.9 Å². The van der Waals surface area contributed by atoms with Crippen LogP contribution in [0.5, 0.6) is 0 Å². The Balaban J connectivity index is 2.35. The third-order valence-electron chi connectivity index (χ3n) is 2.27. The summed E-state index contributed by atoms with van der Waals surface area (Å²) in [5.41, 5.74) is 6.79. The van der Waals surface area contributed by atoms with Gasteiger partial charge in [-0.2, -0.15) is 11.8 Å². The van der Waals surface area contributed by atoms with E-state index in [1.54, 1.807) is 18.2 Å². The van der Waals surface area contributed by atoms with E-state index in [1.807, 2.05) is 11.8 Å². The average molecular weight is 287 g/mol. The van der Waals surface area contributed by atoms with E-state index >= 15 is 0 Å². The highest BCUT2D eigenvalue weighted by atomic mass is 35.5. The summed E-state index contributed by atoms with van der Waals surface area (Å²) in [7, 11) is 0. The standard InChI is InChI=1S/C13H19ClN2OS/c1-9(2)18-7-3-4-13(17)16-12-6-5-10(15)8-11(12)14/h5-6,8-9H,3-4,7,15H2,1-2H3,(H,16,17). The molecule has 0 saturated carbocycles. The first-order valence-corrected chi connectivity index (χ1v) is 7.38. The Hall–Kier alpha value is -0.870. The number of rotatable bonds is 6. The van der Waals surface area contributed by atoms with Gasteiger partial charge in [0.1, 0.15) is 0 Å². The molecule has 0 bridgehead atoms. The molecule has 0 unspecified atom stereocenters. The summed E-state index contributed by atoms with van der Waals surface area (Å²) >= 11 is 7.84. The van der Waals surface area contributed by atoms with Crippen molar-refractivity contribution in [2.75, 3.05) is 16.8 Å². The van der Waals surface area contributed by atoms with Crippen molar-refractivity contribution in [1.29, 1.82) is 0 Å². The largest absolute Gasteiger partial charge is 0.399 e. The van der Waals surface area contributed by atoms with Crippen molar-refractivity contribution in [1.82, 2.24) is 0 Å². The molecule has 18 heavy (non-hydrogen) atoms. The lowest BCUT2D eigenvalue weighted by Gasteiger charge is -2.08. The molecule has 1 rings (SSSR count). The number of nitrogen functional groups attached to an aromatic ring is 1. The molecule has 3 nitrogen and oxygen atoms in total. The molecule has 1 aromatic rings. The van der Waals surface area contributed by atoms with Gasteiger partial charge in [-0.05, 0) is 35.6 Å². The molecule has 0 atom stereocenters. The molecule has 100 valence electrons. The molecular formula is C13H19ClN2OS. The van der Waals surface area contributed by atoms with E-state index in [-0.39, 0.29) is 5.91 Å². The fourth-order valence-corrected chi connectivity index (χ4v) is 2.42. The molecule has 3 N–H and O–H groups in total. The van der Waals surface area contributed by atoms with Gasteiger partial charge in [0.25, 0.3) is 0 Å². The Kier molecular flexibility index (Phi) is 6.36. The van der Waals surface area contributed by atoms with Crippen LogP contribution in [0.4, 0.5) is 11.4 Å². The third-order valence-corrected chi connectivity index (χ3v) is 3.77. The average Bonchev–Trinajstić information content (AvgIpc) is 2.28.